The predicted octanol–water partition coefficient (Wildman–Crippen LogP) is 1.99. The molecule has 0 aliphatic heterocycles. The fourth-order valence-corrected chi connectivity index (χ4v) is 1.41. The van der Waals surface area contributed by atoms with E-state index in [1.807, 2.05) is 0 Å². The summed E-state index contributed by atoms with van der Waals surface area (Å²) in [5.41, 5.74) is -0.918. The zero-order valence-corrected chi connectivity index (χ0v) is 11.9. The number of ether oxygens (including phenoxy) is 1. The predicted molar refractivity (Wildman–Crippen MR) is 70.8 cm³/mol. The van der Waals surface area contributed by atoms with Crippen LogP contribution in [0.2, 0.25) is 0 Å². The topological polar surface area (TPSA) is 75.6 Å². The molecule has 0 heterocycles. The highest BCUT2D eigenvalue weighted by Crippen LogP contribution is 2.15. The van der Waals surface area contributed by atoms with Crippen molar-refractivity contribution in [2.24, 2.45) is 0 Å². The van der Waals surface area contributed by atoms with Gasteiger partial charge < -0.3 is 15.2 Å². The summed E-state index contributed by atoms with van der Waals surface area (Å²) in [6, 6.07) is 2.25. The van der Waals surface area contributed by atoms with Gasteiger partial charge in [-0.1, -0.05) is 0 Å². The maximum absolute atomic E-state index is 13.5. The van der Waals surface area contributed by atoms with Gasteiger partial charge in [-0.05, 0) is 39.8 Å². The Morgan fingerprint density at radius 2 is 1.95 bits per heavy atom. The van der Waals surface area contributed by atoms with Crippen LogP contribution < -0.4 is 5.32 Å². The summed E-state index contributed by atoms with van der Waals surface area (Å²) >= 11 is 0. The van der Waals surface area contributed by atoms with E-state index < -0.39 is 29.3 Å². The minimum Gasteiger partial charge on any atom is -0.508 e. The quantitative estimate of drug-likeness (QED) is 0.832. The Labute approximate surface area is 116 Å². The summed E-state index contributed by atoms with van der Waals surface area (Å²) < 4.78 is 18.6. The summed E-state index contributed by atoms with van der Waals surface area (Å²) in [5.74, 6) is -2.50. The molecule has 0 saturated carbocycles. The van der Waals surface area contributed by atoms with E-state index in [4.69, 9.17) is 9.84 Å². The Morgan fingerprint density at radius 3 is 2.45 bits per heavy atom. The number of phenols is 1. The van der Waals surface area contributed by atoms with Gasteiger partial charge in [-0.3, -0.25) is 4.79 Å². The highest BCUT2D eigenvalue weighted by atomic mass is 19.1. The molecule has 0 aromatic heterocycles. The van der Waals surface area contributed by atoms with Gasteiger partial charge in [-0.2, -0.15) is 0 Å². The van der Waals surface area contributed by atoms with Crippen LogP contribution >= 0.6 is 0 Å². The zero-order valence-electron chi connectivity index (χ0n) is 11.9. The van der Waals surface area contributed by atoms with Crippen molar-refractivity contribution in [3.05, 3.63) is 29.6 Å². The fourth-order valence-electron chi connectivity index (χ4n) is 1.41. The van der Waals surface area contributed by atoms with Gasteiger partial charge in [0.05, 0.1) is 5.56 Å². The van der Waals surface area contributed by atoms with Crippen LogP contribution in [0.4, 0.5) is 4.39 Å². The first-order chi connectivity index (χ1) is 9.10. The molecule has 0 aliphatic rings. The molecule has 20 heavy (non-hydrogen) atoms. The number of amides is 1. The first-order valence-electron chi connectivity index (χ1n) is 6.12. The largest absolute Gasteiger partial charge is 0.508 e. The van der Waals surface area contributed by atoms with E-state index >= 15 is 0 Å². The molecule has 0 spiro atoms. The number of rotatable bonds is 3. The van der Waals surface area contributed by atoms with Gasteiger partial charge in [0.15, 0.2) is 0 Å². The molecule has 0 fully saturated rings. The van der Waals surface area contributed by atoms with Gasteiger partial charge in [0.25, 0.3) is 5.91 Å². The van der Waals surface area contributed by atoms with E-state index in [0.717, 1.165) is 12.1 Å². The lowest BCUT2D eigenvalue weighted by Gasteiger charge is -2.22. The van der Waals surface area contributed by atoms with Crippen LogP contribution in [0.15, 0.2) is 18.2 Å². The van der Waals surface area contributed by atoms with Crippen molar-refractivity contribution in [1.29, 1.82) is 0 Å². The van der Waals surface area contributed by atoms with Gasteiger partial charge in [0.1, 0.15) is 23.2 Å². The van der Waals surface area contributed by atoms with Crippen LogP contribution in [-0.2, 0) is 9.53 Å². The second-order valence-corrected chi connectivity index (χ2v) is 5.39. The van der Waals surface area contributed by atoms with Crippen molar-refractivity contribution in [2.75, 3.05) is 0 Å². The van der Waals surface area contributed by atoms with Gasteiger partial charge >= 0.3 is 5.97 Å². The van der Waals surface area contributed by atoms with E-state index in [1.54, 1.807) is 20.8 Å². The first kappa shape index (κ1) is 15.9. The zero-order chi connectivity index (χ0) is 15.5. The third kappa shape index (κ3) is 4.53. The lowest BCUT2D eigenvalue weighted by Crippen LogP contribution is -2.42. The molecule has 2 N–H and O–H groups in total. The molecule has 0 radical (unpaired) electrons. The average Bonchev–Trinajstić information content (AvgIpc) is 2.26. The third-order valence-electron chi connectivity index (χ3n) is 2.31. The number of halogens is 1. The number of carbonyl (C=O) groups is 2. The molecule has 0 saturated heterocycles. The van der Waals surface area contributed by atoms with E-state index in [0.29, 0.717) is 0 Å². The Balaban J connectivity index is 2.73. The number of carbonyl (C=O) groups excluding carboxylic acids is 2. The molecular formula is C14H18FNO4. The molecule has 1 aromatic rings. The first-order valence-corrected chi connectivity index (χ1v) is 6.12. The molecule has 6 heteroatoms. The smallest absolute Gasteiger partial charge is 0.328 e. The molecule has 110 valence electrons. The van der Waals surface area contributed by atoms with Gasteiger partial charge in [0, 0.05) is 6.07 Å². The maximum Gasteiger partial charge on any atom is 0.328 e. The van der Waals surface area contributed by atoms with Crippen LogP contribution in [0.1, 0.15) is 38.1 Å². The number of phenolic OH excluding ortho intramolecular Hbond substituents is 1. The molecule has 0 unspecified atom stereocenters. The number of benzene rings is 1. The molecule has 0 bridgehead atoms. The number of aromatic hydroxyl groups is 1. The third-order valence-corrected chi connectivity index (χ3v) is 2.31. The van der Waals surface area contributed by atoms with Crippen molar-refractivity contribution < 1.29 is 23.8 Å². The second kappa shape index (κ2) is 5.90. The molecule has 1 amide bonds. The monoisotopic (exact) mass is 283 g/mol. The summed E-state index contributed by atoms with van der Waals surface area (Å²) in [7, 11) is 0. The minimum atomic E-state index is -0.907. The molecule has 1 atom stereocenters. The number of esters is 1. The van der Waals surface area contributed by atoms with E-state index in [1.165, 1.54) is 13.0 Å². The van der Waals surface area contributed by atoms with Crippen LogP contribution in [0.5, 0.6) is 5.75 Å². The summed E-state index contributed by atoms with van der Waals surface area (Å²) in [6.45, 7) is 6.57. The lowest BCUT2D eigenvalue weighted by atomic mass is 10.1. The lowest BCUT2D eigenvalue weighted by molar-refractivity contribution is -0.156. The Morgan fingerprint density at radius 1 is 1.35 bits per heavy atom. The van der Waals surface area contributed by atoms with Gasteiger partial charge in [-0.15, -0.1) is 0 Å². The Hall–Kier alpha value is -2.11. The normalized spacial score (nSPS) is 12.7. The van der Waals surface area contributed by atoms with Crippen LogP contribution in [0.25, 0.3) is 0 Å². The van der Waals surface area contributed by atoms with Gasteiger partial charge in [0.2, 0.25) is 0 Å². The highest BCUT2D eigenvalue weighted by molar-refractivity contribution is 5.97. The molecule has 1 rings (SSSR count). The number of hydrogen-bond donors (Lipinski definition) is 2. The fraction of sp³-hybridized carbons (Fsp3) is 0.429. The van der Waals surface area contributed by atoms with Gasteiger partial charge in [-0.25, -0.2) is 9.18 Å². The molecular weight excluding hydrogens is 265 g/mol. The van der Waals surface area contributed by atoms with Crippen LogP contribution in [-0.4, -0.2) is 28.6 Å². The maximum atomic E-state index is 13.5. The highest BCUT2D eigenvalue weighted by Gasteiger charge is 2.24. The van der Waals surface area contributed by atoms with Crippen LogP contribution in [0, 0.1) is 5.82 Å². The van der Waals surface area contributed by atoms with Crippen molar-refractivity contribution in [3.63, 3.8) is 0 Å². The molecule has 1 aromatic carbocycles. The SMILES string of the molecule is C[C@H](NC(=O)c1ccc(O)cc1F)C(=O)OC(C)(C)C. The minimum absolute atomic E-state index is 0.252. The summed E-state index contributed by atoms with van der Waals surface area (Å²) in [5, 5.41) is 11.4. The summed E-state index contributed by atoms with van der Waals surface area (Å²) in [6.07, 6.45) is 0. The molecule has 0 aliphatic carbocycles. The van der Waals surface area contributed by atoms with Crippen molar-refractivity contribution >= 4 is 11.9 Å². The van der Waals surface area contributed by atoms with Crippen LogP contribution in [0.3, 0.4) is 0 Å². The Kier molecular flexibility index (Phi) is 4.70. The van der Waals surface area contributed by atoms with Crippen molar-refractivity contribution in [1.82, 2.24) is 5.32 Å². The van der Waals surface area contributed by atoms with E-state index in [-0.39, 0.29) is 11.3 Å². The second-order valence-electron chi connectivity index (χ2n) is 5.39. The molecule has 5 nitrogen and oxygen atoms in total. The van der Waals surface area contributed by atoms with E-state index in [2.05, 4.69) is 5.32 Å². The summed E-state index contributed by atoms with van der Waals surface area (Å²) in [4.78, 5) is 23.5. The number of hydrogen-bond acceptors (Lipinski definition) is 4. The standard InChI is InChI=1S/C14H18FNO4/c1-8(13(19)20-14(2,3)4)16-12(18)10-6-5-9(17)7-11(10)15/h5-8,17H,1-4H3,(H,16,18)/t8-/m0/s1. The average molecular weight is 283 g/mol. The van der Waals surface area contributed by atoms with E-state index in [9.17, 15) is 14.0 Å². The van der Waals surface area contributed by atoms with Crippen molar-refractivity contribution in [2.45, 2.75) is 39.3 Å². The van der Waals surface area contributed by atoms with Crippen molar-refractivity contribution in [3.8, 4) is 5.75 Å². The Bertz CT molecular complexity index is 522. The number of nitrogens with one attached hydrogen (secondary N) is 1.